The van der Waals surface area contributed by atoms with Crippen LogP contribution >= 0.6 is 0 Å². The minimum absolute atomic E-state index is 0.137. The Morgan fingerprint density at radius 3 is 2.28 bits per heavy atom. The molecule has 0 aliphatic carbocycles. The zero-order chi connectivity index (χ0) is 20.1. The Balaban J connectivity index is 1.20. The number of aromatic nitrogens is 2. The molecule has 0 bridgehead atoms. The maximum atomic E-state index is 13.9. The quantitative estimate of drug-likeness (QED) is 0.625. The zero-order valence-electron chi connectivity index (χ0n) is 16.7. The van der Waals surface area contributed by atoms with Crippen molar-refractivity contribution in [1.29, 1.82) is 0 Å². The number of nitrogens with one attached hydrogen (secondary N) is 2. The minimum Gasteiger partial charge on any atom is -0.330 e. The van der Waals surface area contributed by atoms with Gasteiger partial charge in [0, 0.05) is 18.0 Å². The first kappa shape index (κ1) is 19.7. The van der Waals surface area contributed by atoms with E-state index in [-0.39, 0.29) is 11.7 Å². The summed E-state index contributed by atoms with van der Waals surface area (Å²) in [7, 11) is 0. The average molecular weight is 401 g/mol. The van der Waals surface area contributed by atoms with Crippen molar-refractivity contribution in [2.75, 3.05) is 63.8 Å². The fourth-order valence-electron chi connectivity index (χ4n) is 4.14. The normalized spacial score (nSPS) is 18.8. The van der Waals surface area contributed by atoms with Crippen molar-refractivity contribution in [1.82, 2.24) is 14.9 Å². The molecular weight excluding hydrogens is 371 g/mol. The second-order valence-corrected chi connectivity index (χ2v) is 7.86. The van der Waals surface area contributed by atoms with Crippen LogP contribution in [0.5, 0.6) is 0 Å². The van der Waals surface area contributed by atoms with E-state index < -0.39 is 0 Å². The molecule has 2 aliphatic rings. The number of carbonyl (C=O) groups excluding carboxylic acids is 1. The summed E-state index contributed by atoms with van der Waals surface area (Å²) in [6.07, 6.45) is 3.53. The van der Waals surface area contributed by atoms with Gasteiger partial charge in [-0.2, -0.15) is 0 Å². The van der Waals surface area contributed by atoms with Gasteiger partial charge in [0.25, 0.3) is 5.91 Å². The van der Waals surface area contributed by atoms with E-state index >= 15 is 0 Å². The van der Waals surface area contributed by atoms with Crippen molar-refractivity contribution in [2.24, 2.45) is 0 Å². The van der Waals surface area contributed by atoms with Gasteiger partial charge in [0.1, 0.15) is 12.4 Å². The molecule has 2 N–H and O–H groups in total. The fourth-order valence-corrected chi connectivity index (χ4v) is 4.14. The van der Waals surface area contributed by atoms with Crippen molar-refractivity contribution < 1.29 is 19.0 Å². The van der Waals surface area contributed by atoms with Gasteiger partial charge < -0.3 is 19.6 Å². The molecular formula is C21H29FN6O+2. The third-order valence-electron chi connectivity index (χ3n) is 5.93. The van der Waals surface area contributed by atoms with Crippen LogP contribution in [0.3, 0.4) is 0 Å². The highest BCUT2D eigenvalue weighted by Gasteiger charge is 2.29. The molecule has 4 rings (SSSR count). The summed E-state index contributed by atoms with van der Waals surface area (Å²) in [5.74, 6) is 0.864. The number of piperazine rings is 2. The summed E-state index contributed by atoms with van der Waals surface area (Å²) in [5, 5.41) is 0. The molecule has 1 amide bonds. The van der Waals surface area contributed by atoms with E-state index in [0.29, 0.717) is 13.1 Å². The summed E-state index contributed by atoms with van der Waals surface area (Å²) < 4.78 is 13.9. The Morgan fingerprint density at radius 2 is 1.59 bits per heavy atom. The highest BCUT2D eigenvalue weighted by atomic mass is 19.1. The first-order chi connectivity index (χ1) is 14.2. The van der Waals surface area contributed by atoms with Crippen molar-refractivity contribution in [2.45, 2.75) is 6.54 Å². The van der Waals surface area contributed by atoms with Gasteiger partial charge in [-0.3, -0.25) is 4.79 Å². The maximum Gasteiger partial charge on any atom is 0.278 e. The molecule has 2 saturated heterocycles. The van der Waals surface area contributed by atoms with E-state index in [1.807, 2.05) is 23.1 Å². The molecule has 0 saturated carbocycles. The van der Waals surface area contributed by atoms with Crippen LogP contribution < -0.4 is 14.7 Å². The smallest absolute Gasteiger partial charge is 0.278 e. The molecule has 2 aromatic rings. The lowest BCUT2D eigenvalue weighted by Gasteiger charge is -2.35. The van der Waals surface area contributed by atoms with E-state index in [1.54, 1.807) is 18.5 Å². The average Bonchev–Trinajstić information content (AvgIpc) is 2.77. The third-order valence-corrected chi connectivity index (χ3v) is 5.93. The summed E-state index contributed by atoms with van der Waals surface area (Å²) in [5.41, 5.74) is 0.756. The van der Waals surface area contributed by atoms with Crippen LogP contribution in [0.15, 0.2) is 42.7 Å². The number of rotatable bonds is 5. The lowest BCUT2D eigenvalue weighted by Crippen LogP contribution is -3.16. The number of amides is 1. The number of halogens is 1. The third kappa shape index (κ3) is 5.07. The van der Waals surface area contributed by atoms with Crippen molar-refractivity contribution in [3.05, 3.63) is 54.1 Å². The Morgan fingerprint density at radius 1 is 0.931 bits per heavy atom. The van der Waals surface area contributed by atoms with Crippen LogP contribution in [0.25, 0.3) is 0 Å². The predicted molar refractivity (Wildman–Crippen MR) is 107 cm³/mol. The minimum atomic E-state index is -0.137. The van der Waals surface area contributed by atoms with Gasteiger partial charge in [-0.25, -0.2) is 14.4 Å². The lowest BCUT2D eigenvalue weighted by molar-refractivity contribution is -0.918. The first-order valence-electron chi connectivity index (χ1n) is 10.4. The summed E-state index contributed by atoms with van der Waals surface area (Å²) in [4.78, 5) is 28.2. The predicted octanol–water partition coefficient (Wildman–Crippen LogP) is -1.75. The second-order valence-electron chi connectivity index (χ2n) is 7.86. The number of hydrogen-bond donors (Lipinski definition) is 2. The molecule has 29 heavy (non-hydrogen) atoms. The van der Waals surface area contributed by atoms with Gasteiger partial charge in [0.15, 0.2) is 6.54 Å². The molecule has 1 aromatic carbocycles. The summed E-state index contributed by atoms with van der Waals surface area (Å²) >= 11 is 0. The number of quaternary nitrogens is 2. The number of carbonyl (C=O) groups is 1. The molecule has 154 valence electrons. The Labute approximate surface area is 170 Å². The standard InChI is InChI=1S/C21H27FN6O/c22-19-5-2-1-4-18(19)16-25-8-12-27(13-9-25)20(29)17-26-10-14-28(15-11-26)21-23-6-3-7-24-21/h1-7H,8-17H2/p+2. The topological polar surface area (TPSA) is 58.2 Å². The molecule has 3 heterocycles. The number of anilines is 1. The van der Waals surface area contributed by atoms with Crippen molar-refractivity contribution in [3.63, 3.8) is 0 Å². The number of hydrogen-bond acceptors (Lipinski definition) is 4. The lowest BCUT2D eigenvalue weighted by atomic mass is 10.2. The van der Waals surface area contributed by atoms with Crippen LogP contribution in [0.2, 0.25) is 0 Å². The van der Waals surface area contributed by atoms with Crippen molar-refractivity contribution in [3.8, 4) is 0 Å². The summed E-state index contributed by atoms with van der Waals surface area (Å²) in [6.45, 7) is 8.05. The van der Waals surface area contributed by atoms with Gasteiger partial charge in [0.05, 0.1) is 52.4 Å². The number of benzene rings is 1. The second kappa shape index (κ2) is 9.28. The summed E-state index contributed by atoms with van der Waals surface area (Å²) in [6, 6.07) is 8.79. The Bertz CT molecular complexity index is 804. The molecule has 1 aromatic heterocycles. The zero-order valence-corrected chi connectivity index (χ0v) is 16.7. The molecule has 0 atom stereocenters. The molecule has 7 nitrogen and oxygen atoms in total. The fraction of sp³-hybridized carbons (Fsp3) is 0.476. The van der Waals surface area contributed by atoms with Gasteiger partial charge in [-0.05, 0) is 12.1 Å². The number of nitrogens with zero attached hydrogens (tertiary/aromatic N) is 4. The van der Waals surface area contributed by atoms with E-state index in [4.69, 9.17) is 0 Å². The van der Waals surface area contributed by atoms with Crippen LogP contribution in [-0.4, -0.2) is 79.7 Å². The Hall–Kier alpha value is -2.58. The van der Waals surface area contributed by atoms with Gasteiger partial charge in [0.2, 0.25) is 5.95 Å². The van der Waals surface area contributed by atoms with Crippen molar-refractivity contribution >= 4 is 11.9 Å². The largest absolute Gasteiger partial charge is 0.330 e. The van der Waals surface area contributed by atoms with E-state index in [9.17, 15) is 9.18 Å². The van der Waals surface area contributed by atoms with E-state index in [2.05, 4.69) is 14.9 Å². The molecule has 0 unspecified atom stereocenters. The van der Waals surface area contributed by atoms with E-state index in [1.165, 1.54) is 15.9 Å². The van der Waals surface area contributed by atoms with Crippen LogP contribution in [0, 0.1) is 5.82 Å². The molecule has 0 radical (unpaired) electrons. The highest BCUT2D eigenvalue weighted by molar-refractivity contribution is 5.77. The molecule has 8 heteroatoms. The maximum absolute atomic E-state index is 13.9. The van der Waals surface area contributed by atoms with Crippen LogP contribution in [-0.2, 0) is 11.3 Å². The van der Waals surface area contributed by atoms with Gasteiger partial charge >= 0.3 is 0 Å². The molecule has 0 spiro atoms. The first-order valence-corrected chi connectivity index (χ1v) is 10.4. The van der Waals surface area contributed by atoms with Crippen LogP contribution in [0.4, 0.5) is 10.3 Å². The highest BCUT2D eigenvalue weighted by Crippen LogP contribution is 2.05. The van der Waals surface area contributed by atoms with Gasteiger partial charge in [-0.15, -0.1) is 0 Å². The monoisotopic (exact) mass is 400 g/mol. The molecule has 2 aliphatic heterocycles. The Kier molecular flexibility index (Phi) is 6.31. The van der Waals surface area contributed by atoms with Gasteiger partial charge in [-0.1, -0.05) is 18.2 Å². The molecule has 2 fully saturated rings. The van der Waals surface area contributed by atoms with E-state index in [0.717, 1.165) is 63.9 Å². The van der Waals surface area contributed by atoms with Crippen LogP contribution in [0.1, 0.15) is 5.56 Å². The SMILES string of the molecule is O=C(C[NH+]1CCN(c2ncccn2)CC1)N1CC[NH+](Cc2ccccc2F)CC1.